The van der Waals surface area contributed by atoms with Gasteiger partial charge in [0, 0.05) is 31.2 Å². The Kier molecular flexibility index (Phi) is 6.29. The van der Waals surface area contributed by atoms with Crippen LogP contribution in [0.3, 0.4) is 0 Å². The van der Waals surface area contributed by atoms with Crippen molar-refractivity contribution in [3.8, 4) is 11.1 Å². The lowest BCUT2D eigenvalue weighted by Gasteiger charge is -2.33. The summed E-state index contributed by atoms with van der Waals surface area (Å²) in [6.07, 6.45) is 4.24. The molecule has 2 heterocycles. The topological polar surface area (TPSA) is 54.5 Å². The second kappa shape index (κ2) is 9.45. The van der Waals surface area contributed by atoms with E-state index in [4.69, 9.17) is 4.74 Å². The molecule has 1 aliphatic rings. The molecule has 1 amide bonds. The second-order valence-corrected chi connectivity index (χ2v) is 7.16. The molecular formula is C24H25N3O2. The summed E-state index contributed by atoms with van der Waals surface area (Å²) >= 11 is 0. The highest BCUT2D eigenvalue weighted by Crippen LogP contribution is 2.21. The zero-order valence-electron chi connectivity index (χ0n) is 16.3. The SMILES string of the molecule is O=C(Nc1ccc(-c2ccncc2)cc1)[C@@H](Cc1ccccc1)N1CCOCC1. The van der Waals surface area contributed by atoms with Gasteiger partial charge in [0.2, 0.25) is 5.91 Å². The van der Waals surface area contributed by atoms with Crippen molar-refractivity contribution in [2.75, 3.05) is 31.6 Å². The quantitative estimate of drug-likeness (QED) is 0.702. The van der Waals surface area contributed by atoms with E-state index in [2.05, 4.69) is 27.3 Å². The van der Waals surface area contributed by atoms with Crippen LogP contribution in [0.1, 0.15) is 5.56 Å². The first-order valence-electron chi connectivity index (χ1n) is 9.97. The molecule has 148 valence electrons. The predicted molar refractivity (Wildman–Crippen MR) is 115 cm³/mol. The van der Waals surface area contributed by atoms with E-state index < -0.39 is 0 Å². The standard InChI is InChI=1S/C24H25N3O2/c28-24(26-22-8-6-20(7-9-22)21-10-12-25-13-11-21)23(27-14-16-29-17-15-27)18-19-4-2-1-3-5-19/h1-13,23H,14-18H2,(H,26,28)/t23-/m1/s1. The molecule has 0 spiro atoms. The lowest BCUT2D eigenvalue weighted by molar-refractivity contribution is -0.123. The van der Waals surface area contributed by atoms with E-state index in [0.717, 1.165) is 35.5 Å². The van der Waals surface area contributed by atoms with E-state index in [0.29, 0.717) is 19.6 Å². The maximum Gasteiger partial charge on any atom is 0.242 e. The molecule has 1 aliphatic heterocycles. The Labute approximate surface area is 171 Å². The van der Waals surface area contributed by atoms with E-state index in [1.54, 1.807) is 12.4 Å². The third-order valence-electron chi connectivity index (χ3n) is 5.23. The number of hydrogen-bond donors (Lipinski definition) is 1. The Morgan fingerprint density at radius 1 is 0.931 bits per heavy atom. The van der Waals surface area contributed by atoms with Crippen LogP contribution in [0.15, 0.2) is 79.1 Å². The number of nitrogens with one attached hydrogen (secondary N) is 1. The first-order chi connectivity index (χ1) is 14.3. The normalized spacial score (nSPS) is 15.6. The number of rotatable bonds is 6. The molecule has 5 nitrogen and oxygen atoms in total. The van der Waals surface area contributed by atoms with Crippen LogP contribution in [0.4, 0.5) is 5.69 Å². The molecule has 0 unspecified atom stereocenters. The lowest BCUT2D eigenvalue weighted by atomic mass is 10.0. The molecule has 4 rings (SSSR count). The number of hydrogen-bond acceptors (Lipinski definition) is 4. The number of aromatic nitrogens is 1. The smallest absolute Gasteiger partial charge is 0.242 e. The molecule has 2 aromatic carbocycles. The zero-order valence-corrected chi connectivity index (χ0v) is 16.3. The van der Waals surface area contributed by atoms with Gasteiger partial charge in [0.1, 0.15) is 0 Å². The molecule has 1 N–H and O–H groups in total. The highest BCUT2D eigenvalue weighted by molar-refractivity contribution is 5.95. The zero-order chi connectivity index (χ0) is 19.9. The Morgan fingerprint density at radius 3 is 2.28 bits per heavy atom. The van der Waals surface area contributed by atoms with Crippen molar-refractivity contribution in [2.24, 2.45) is 0 Å². The molecule has 3 aromatic rings. The largest absolute Gasteiger partial charge is 0.379 e. The van der Waals surface area contributed by atoms with Crippen molar-refractivity contribution in [2.45, 2.75) is 12.5 Å². The summed E-state index contributed by atoms with van der Waals surface area (Å²) in [6.45, 7) is 2.87. The van der Waals surface area contributed by atoms with Crippen molar-refractivity contribution >= 4 is 11.6 Å². The van der Waals surface area contributed by atoms with Gasteiger partial charge in [-0.3, -0.25) is 14.7 Å². The van der Waals surface area contributed by atoms with Crippen LogP contribution in [0.2, 0.25) is 0 Å². The van der Waals surface area contributed by atoms with Gasteiger partial charge in [-0.1, -0.05) is 42.5 Å². The summed E-state index contributed by atoms with van der Waals surface area (Å²) in [7, 11) is 0. The first kappa shape index (κ1) is 19.3. The maximum absolute atomic E-state index is 13.2. The lowest BCUT2D eigenvalue weighted by Crippen LogP contribution is -2.50. The summed E-state index contributed by atoms with van der Waals surface area (Å²) in [5, 5.41) is 3.10. The fraction of sp³-hybridized carbons (Fsp3) is 0.250. The Morgan fingerprint density at radius 2 is 1.59 bits per heavy atom. The fourth-order valence-electron chi connectivity index (χ4n) is 3.63. The van der Waals surface area contributed by atoms with Crippen LogP contribution in [0.25, 0.3) is 11.1 Å². The van der Waals surface area contributed by atoms with Crippen LogP contribution in [0, 0.1) is 0 Å². The van der Waals surface area contributed by atoms with Crippen molar-refractivity contribution in [3.05, 3.63) is 84.7 Å². The average molecular weight is 387 g/mol. The molecule has 1 aromatic heterocycles. The van der Waals surface area contributed by atoms with E-state index in [9.17, 15) is 4.79 Å². The van der Waals surface area contributed by atoms with Crippen LogP contribution >= 0.6 is 0 Å². The molecule has 1 atom stereocenters. The van der Waals surface area contributed by atoms with Crippen LogP contribution in [-0.4, -0.2) is 48.1 Å². The number of carbonyl (C=O) groups is 1. The van der Waals surface area contributed by atoms with Crippen molar-refractivity contribution in [3.63, 3.8) is 0 Å². The van der Waals surface area contributed by atoms with Crippen LogP contribution in [-0.2, 0) is 16.0 Å². The third-order valence-corrected chi connectivity index (χ3v) is 5.23. The number of carbonyl (C=O) groups excluding carboxylic acids is 1. The number of pyridine rings is 1. The van der Waals surface area contributed by atoms with Gasteiger partial charge < -0.3 is 10.1 Å². The van der Waals surface area contributed by atoms with E-state index >= 15 is 0 Å². The van der Waals surface area contributed by atoms with Crippen LogP contribution < -0.4 is 5.32 Å². The van der Waals surface area contributed by atoms with E-state index in [1.807, 2.05) is 54.6 Å². The van der Waals surface area contributed by atoms with Crippen molar-refractivity contribution < 1.29 is 9.53 Å². The maximum atomic E-state index is 13.2. The van der Waals surface area contributed by atoms with Gasteiger partial charge in [0.25, 0.3) is 0 Å². The van der Waals surface area contributed by atoms with Crippen molar-refractivity contribution in [1.29, 1.82) is 0 Å². The minimum absolute atomic E-state index is 0.0208. The van der Waals surface area contributed by atoms with Gasteiger partial charge in [-0.15, -0.1) is 0 Å². The molecule has 5 heteroatoms. The molecule has 0 saturated carbocycles. The van der Waals surface area contributed by atoms with Crippen LogP contribution in [0.5, 0.6) is 0 Å². The molecule has 1 fully saturated rings. The predicted octanol–water partition coefficient (Wildman–Crippen LogP) is 3.63. The highest BCUT2D eigenvalue weighted by Gasteiger charge is 2.27. The molecule has 0 aliphatic carbocycles. The monoisotopic (exact) mass is 387 g/mol. The van der Waals surface area contributed by atoms with E-state index in [1.165, 1.54) is 0 Å². The summed E-state index contributed by atoms with van der Waals surface area (Å²) in [6, 6.07) is 21.8. The number of anilines is 1. The van der Waals surface area contributed by atoms with Gasteiger partial charge in [-0.25, -0.2) is 0 Å². The molecule has 0 bridgehead atoms. The Bertz CT molecular complexity index is 908. The number of amides is 1. The number of morpholine rings is 1. The molecule has 0 radical (unpaired) electrons. The van der Waals surface area contributed by atoms with Gasteiger partial charge in [0.15, 0.2) is 0 Å². The minimum Gasteiger partial charge on any atom is -0.379 e. The highest BCUT2D eigenvalue weighted by atomic mass is 16.5. The Balaban J connectivity index is 1.48. The van der Waals surface area contributed by atoms with Gasteiger partial charge in [0.05, 0.1) is 19.3 Å². The average Bonchev–Trinajstić information content (AvgIpc) is 2.80. The third kappa shape index (κ3) is 5.08. The number of ether oxygens (including phenoxy) is 1. The van der Waals surface area contributed by atoms with Gasteiger partial charge in [-0.2, -0.15) is 0 Å². The summed E-state index contributed by atoms with van der Waals surface area (Å²) in [5.41, 5.74) is 4.17. The van der Waals surface area contributed by atoms with Crippen molar-refractivity contribution in [1.82, 2.24) is 9.88 Å². The summed E-state index contributed by atoms with van der Waals surface area (Å²) < 4.78 is 5.48. The molecule has 1 saturated heterocycles. The Hall–Kier alpha value is -3.02. The first-order valence-corrected chi connectivity index (χ1v) is 9.97. The van der Waals surface area contributed by atoms with E-state index in [-0.39, 0.29) is 11.9 Å². The second-order valence-electron chi connectivity index (χ2n) is 7.16. The number of nitrogens with zero attached hydrogens (tertiary/aromatic N) is 2. The minimum atomic E-state index is -0.221. The number of benzene rings is 2. The summed E-state index contributed by atoms with van der Waals surface area (Å²) in [4.78, 5) is 19.4. The molecule has 29 heavy (non-hydrogen) atoms. The van der Waals surface area contributed by atoms with Gasteiger partial charge >= 0.3 is 0 Å². The molecular weight excluding hydrogens is 362 g/mol. The van der Waals surface area contributed by atoms with Gasteiger partial charge in [-0.05, 0) is 47.4 Å². The fourth-order valence-corrected chi connectivity index (χ4v) is 3.63. The summed E-state index contributed by atoms with van der Waals surface area (Å²) in [5.74, 6) is 0.0208.